The third-order valence-corrected chi connectivity index (χ3v) is 5.02. The van der Waals surface area contributed by atoms with Crippen molar-refractivity contribution in [3.05, 3.63) is 65.5 Å². The molecule has 5 heteroatoms. The summed E-state index contributed by atoms with van der Waals surface area (Å²) in [5.74, 6) is -0.267. The van der Waals surface area contributed by atoms with Crippen molar-refractivity contribution < 1.29 is 9.18 Å². The lowest BCUT2D eigenvalue weighted by molar-refractivity contribution is 0.194. The van der Waals surface area contributed by atoms with E-state index in [1.54, 1.807) is 12.1 Å². The highest BCUT2D eigenvalue weighted by atomic mass is 19.1. The van der Waals surface area contributed by atoms with Crippen molar-refractivity contribution in [2.45, 2.75) is 32.7 Å². The number of amides is 2. The van der Waals surface area contributed by atoms with Gasteiger partial charge in [0.25, 0.3) is 0 Å². The number of halogens is 1. The zero-order valence-corrected chi connectivity index (χ0v) is 16.3. The van der Waals surface area contributed by atoms with Crippen molar-refractivity contribution >= 4 is 11.7 Å². The first-order valence-electron chi connectivity index (χ1n) is 9.46. The molecule has 1 fully saturated rings. The van der Waals surface area contributed by atoms with E-state index in [4.69, 9.17) is 0 Å². The van der Waals surface area contributed by atoms with Crippen LogP contribution in [0.2, 0.25) is 0 Å². The number of nitrogens with zero attached hydrogens (tertiary/aromatic N) is 2. The molecule has 1 aliphatic heterocycles. The van der Waals surface area contributed by atoms with Crippen molar-refractivity contribution in [3.8, 4) is 0 Å². The van der Waals surface area contributed by atoms with Gasteiger partial charge in [-0.25, -0.2) is 9.18 Å². The van der Waals surface area contributed by atoms with Crippen molar-refractivity contribution in [1.82, 2.24) is 10.2 Å². The molecule has 27 heavy (non-hydrogen) atoms. The quantitative estimate of drug-likeness (QED) is 0.882. The number of piperazine rings is 1. The van der Waals surface area contributed by atoms with Crippen LogP contribution < -0.4 is 10.2 Å². The molecule has 0 bridgehead atoms. The summed E-state index contributed by atoms with van der Waals surface area (Å²) >= 11 is 0. The molecule has 0 atom stereocenters. The molecule has 0 radical (unpaired) electrons. The summed E-state index contributed by atoms with van der Waals surface area (Å²) in [6, 6.07) is 14.9. The smallest absolute Gasteiger partial charge is 0.317 e. The van der Waals surface area contributed by atoms with Gasteiger partial charge in [0.15, 0.2) is 0 Å². The second-order valence-corrected chi connectivity index (χ2v) is 8.06. The number of rotatable bonds is 3. The number of carbonyl (C=O) groups excluding carboxylic acids is 1. The van der Waals surface area contributed by atoms with Crippen LogP contribution in [-0.2, 0) is 12.0 Å². The fraction of sp³-hybridized carbons (Fsp3) is 0.409. The number of carbonyl (C=O) groups is 1. The third-order valence-electron chi connectivity index (χ3n) is 5.02. The van der Waals surface area contributed by atoms with E-state index in [0.29, 0.717) is 19.6 Å². The topological polar surface area (TPSA) is 35.6 Å². The molecular formula is C22H28FN3O. The minimum atomic E-state index is -0.267. The summed E-state index contributed by atoms with van der Waals surface area (Å²) in [4.78, 5) is 16.5. The monoisotopic (exact) mass is 369 g/mol. The standard InChI is InChI=1S/C22H28FN3O/c1-22(2,3)18-6-10-20(11-7-18)25-12-14-26(15-13-25)21(27)24-16-17-4-8-19(23)9-5-17/h4-11H,12-16H2,1-3H3,(H,24,27). The molecule has 1 N–H and O–H groups in total. The minimum Gasteiger partial charge on any atom is -0.368 e. The molecule has 1 aliphatic rings. The molecule has 2 aromatic carbocycles. The van der Waals surface area contributed by atoms with Crippen molar-refractivity contribution in [2.75, 3.05) is 31.1 Å². The summed E-state index contributed by atoms with van der Waals surface area (Å²) in [6.45, 7) is 10.1. The maximum atomic E-state index is 12.9. The summed E-state index contributed by atoms with van der Waals surface area (Å²) in [7, 11) is 0. The lowest BCUT2D eigenvalue weighted by atomic mass is 9.87. The maximum absolute atomic E-state index is 12.9. The van der Waals surface area contributed by atoms with Gasteiger partial charge < -0.3 is 15.1 Å². The van der Waals surface area contributed by atoms with E-state index in [1.807, 2.05) is 4.90 Å². The highest BCUT2D eigenvalue weighted by Gasteiger charge is 2.21. The van der Waals surface area contributed by atoms with Gasteiger partial charge in [0, 0.05) is 38.4 Å². The molecule has 4 nitrogen and oxygen atoms in total. The largest absolute Gasteiger partial charge is 0.368 e. The summed E-state index contributed by atoms with van der Waals surface area (Å²) in [5, 5.41) is 2.91. The van der Waals surface area contributed by atoms with Crippen molar-refractivity contribution in [3.63, 3.8) is 0 Å². The van der Waals surface area contributed by atoms with Crippen LogP contribution in [0.25, 0.3) is 0 Å². The van der Waals surface area contributed by atoms with Gasteiger partial charge in [-0.05, 0) is 40.8 Å². The van der Waals surface area contributed by atoms with Crippen LogP contribution >= 0.6 is 0 Å². The van der Waals surface area contributed by atoms with E-state index in [0.717, 1.165) is 18.7 Å². The van der Waals surface area contributed by atoms with Gasteiger partial charge >= 0.3 is 6.03 Å². The van der Waals surface area contributed by atoms with E-state index in [1.165, 1.54) is 23.4 Å². The summed E-state index contributed by atoms with van der Waals surface area (Å²) in [6.07, 6.45) is 0. The number of anilines is 1. The van der Waals surface area contributed by atoms with Gasteiger partial charge in [-0.15, -0.1) is 0 Å². The van der Waals surface area contributed by atoms with Gasteiger partial charge in [-0.2, -0.15) is 0 Å². The van der Waals surface area contributed by atoms with Crippen molar-refractivity contribution in [1.29, 1.82) is 0 Å². The Kier molecular flexibility index (Phi) is 5.68. The molecule has 3 rings (SSSR count). The van der Waals surface area contributed by atoms with E-state index in [2.05, 4.69) is 55.3 Å². The Labute approximate surface area is 161 Å². The lowest BCUT2D eigenvalue weighted by Crippen LogP contribution is -2.51. The van der Waals surface area contributed by atoms with Crippen LogP contribution in [0.1, 0.15) is 31.9 Å². The van der Waals surface area contributed by atoms with Crippen LogP contribution in [0.3, 0.4) is 0 Å². The Hall–Kier alpha value is -2.56. The Morgan fingerprint density at radius 2 is 1.56 bits per heavy atom. The average molecular weight is 369 g/mol. The normalized spacial score (nSPS) is 15.0. The maximum Gasteiger partial charge on any atom is 0.317 e. The molecule has 2 amide bonds. The van der Waals surface area contributed by atoms with Crippen LogP contribution in [0, 0.1) is 5.82 Å². The molecule has 1 saturated heterocycles. The molecule has 0 unspecified atom stereocenters. The Morgan fingerprint density at radius 3 is 2.11 bits per heavy atom. The number of nitrogens with one attached hydrogen (secondary N) is 1. The molecule has 0 saturated carbocycles. The van der Waals surface area contributed by atoms with Gasteiger partial charge in [0.05, 0.1) is 0 Å². The van der Waals surface area contributed by atoms with Gasteiger partial charge in [0.1, 0.15) is 5.82 Å². The van der Waals surface area contributed by atoms with E-state index >= 15 is 0 Å². The predicted octanol–water partition coefficient (Wildman–Crippen LogP) is 4.16. The second kappa shape index (κ2) is 7.99. The minimum absolute atomic E-state index is 0.0675. The molecule has 0 aromatic heterocycles. The Balaban J connectivity index is 1.49. The molecular weight excluding hydrogens is 341 g/mol. The second-order valence-electron chi connectivity index (χ2n) is 8.06. The lowest BCUT2D eigenvalue weighted by Gasteiger charge is -2.36. The van der Waals surface area contributed by atoms with Gasteiger partial charge in [0.2, 0.25) is 0 Å². The van der Waals surface area contributed by atoms with Crippen molar-refractivity contribution in [2.24, 2.45) is 0 Å². The van der Waals surface area contributed by atoms with Crippen LogP contribution in [0.5, 0.6) is 0 Å². The molecule has 2 aromatic rings. The summed E-state index contributed by atoms with van der Waals surface area (Å²) < 4.78 is 12.9. The fourth-order valence-electron chi connectivity index (χ4n) is 3.23. The third kappa shape index (κ3) is 5.00. The molecule has 0 aliphatic carbocycles. The first-order chi connectivity index (χ1) is 12.8. The zero-order chi connectivity index (χ0) is 19.4. The highest BCUT2D eigenvalue weighted by Crippen LogP contribution is 2.25. The number of hydrogen-bond acceptors (Lipinski definition) is 2. The molecule has 144 valence electrons. The first kappa shape index (κ1) is 19.2. The zero-order valence-electron chi connectivity index (χ0n) is 16.3. The highest BCUT2D eigenvalue weighted by molar-refractivity contribution is 5.74. The Bertz CT molecular complexity index is 758. The van der Waals surface area contributed by atoms with Gasteiger partial charge in [-0.1, -0.05) is 45.0 Å². The predicted molar refractivity (Wildman–Crippen MR) is 108 cm³/mol. The molecule has 1 heterocycles. The van der Waals surface area contributed by atoms with Crippen LogP contribution in [0.15, 0.2) is 48.5 Å². The number of hydrogen-bond donors (Lipinski definition) is 1. The van der Waals surface area contributed by atoms with E-state index in [-0.39, 0.29) is 17.3 Å². The summed E-state index contributed by atoms with van der Waals surface area (Å²) in [5.41, 5.74) is 3.57. The Morgan fingerprint density at radius 1 is 0.963 bits per heavy atom. The number of urea groups is 1. The van der Waals surface area contributed by atoms with E-state index in [9.17, 15) is 9.18 Å². The average Bonchev–Trinajstić information content (AvgIpc) is 2.67. The van der Waals surface area contributed by atoms with Gasteiger partial charge in [-0.3, -0.25) is 0 Å². The fourth-order valence-corrected chi connectivity index (χ4v) is 3.23. The van der Waals surface area contributed by atoms with E-state index < -0.39 is 0 Å². The van der Waals surface area contributed by atoms with Crippen LogP contribution in [-0.4, -0.2) is 37.1 Å². The van der Waals surface area contributed by atoms with Crippen LogP contribution in [0.4, 0.5) is 14.9 Å². The first-order valence-corrected chi connectivity index (χ1v) is 9.46. The SMILES string of the molecule is CC(C)(C)c1ccc(N2CCN(C(=O)NCc3ccc(F)cc3)CC2)cc1. The number of benzene rings is 2. The molecule has 0 spiro atoms.